The summed E-state index contributed by atoms with van der Waals surface area (Å²) in [6.07, 6.45) is 8.10. The first kappa shape index (κ1) is 19.1. The van der Waals surface area contributed by atoms with Gasteiger partial charge in [-0.2, -0.15) is 0 Å². The fourth-order valence-electron chi connectivity index (χ4n) is 4.29. The van der Waals surface area contributed by atoms with Crippen molar-refractivity contribution in [3.8, 4) is 0 Å². The number of ketones is 2. The molecule has 0 aliphatic heterocycles. The van der Waals surface area contributed by atoms with Crippen LogP contribution in [0.4, 0.5) is 0 Å². The largest absolute Gasteiger partial charge is 0.294 e. The zero-order valence-corrected chi connectivity index (χ0v) is 16.3. The van der Waals surface area contributed by atoms with E-state index in [0.717, 1.165) is 36.8 Å². The van der Waals surface area contributed by atoms with Crippen LogP contribution in [0.25, 0.3) is 0 Å². The lowest BCUT2D eigenvalue weighted by Crippen LogP contribution is -2.31. The van der Waals surface area contributed by atoms with Crippen molar-refractivity contribution < 1.29 is 9.59 Å². The summed E-state index contributed by atoms with van der Waals surface area (Å²) < 4.78 is 0. The summed E-state index contributed by atoms with van der Waals surface area (Å²) >= 11 is 0. The monoisotopic (exact) mass is 330 g/mol. The molecule has 0 bridgehead atoms. The highest BCUT2D eigenvalue weighted by Crippen LogP contribution is 2.36. The van der Waals surface area contributed by atoms with Gasteiger partial charge in [0, 0.05) is 11.8 Å². The molecule has 2 aliphatic carbocycles. The maximum absolute atomic E-state index is 12.8. The van der Waals surface area contributed by atoms with E-state index in [4.69, 9.17) is 0 Å². The van der Waals surface area contributed by atoms with Crippen LogP contribution in [0.15, 0.2) is 23.3 Å². The van der Waals surface area contributed by atoms with Crippen molar-refractivity contribution in [1.29, 1.82) is 0 Å². The molecule has 0 N–H and O–H groups in total. The molecule has 0 aromatic rings. The fourth-order valence-corrected chi connectivity index (χ4v) is 4.29. The molecule has 4 atom stereocenters. The van der Waals surface area contributed by atoms with E-state index in [0.29, 0.717) is 35.2 Å². The average molecular weight is 331 g/mol. The Hall–Kier alpha value is -1.18. The summed E-state index contributed by atoms with van der Waals surface area (Å²) in [5.74, 6) is 2.29. The van der Waals surface area contributed by atoms with Crippen LogP contribution in [-0.4, -0.2) is 11.6 Å². The minimum atomic E-state index is 0.147. The molecular weight excluding hydrogens is 296 g/mol. The second-order valence-corrected chi connectivity index (χ2v) is 8.63. The van der Waals surface area contributed by atoms with Crippen molar-refractivity contribution >= 4 is 11.6 Å². The number of hydrogen-bond acceptors (Lipinski definition) is 2. The molecule has 0 aromatic heterocycles. The van der Waals surface area contributed by atoms with Crippen LogP contribution in [0.2, 0.25) is 0 Å². The van der Waals surface area contributed by atoms with Gasteiger partial charge in [-0.1, -0.05) is 53.7 Å². The summed E-state index contributed by atoms with van der Waals surface area (Å²) in [6.45, 7) is 12.8. The van der Waals surface area contributed by atoms with Gasteiger partial charge >= 0.3 is 0 Å². The number of Topliss-reactive ketones (excluding diaryl/α,β-unsaturated/α-hetero) is 2. The molecule has 2 rings (SSSR count). The predicted molar refractivity (Wildman–Crippen MR) is 99.6 cm³/mol. The molecule has 0 saturated heterocycles. The second-order valence-electron chi connectivity index (χ2n) is 8.63. The van der Waals surface area contributed by atoms with Crippen molar-refractivity contribution in [3.05, 3.63) is 23.3 Å². The molecule has 2 heteroatoms. The van der Waals surface area contributed by atoms with Crippen LogP contribution in [0.3, 0.4) is 0 Å². The van der Waals surface area contributed by atoms with E-state index in [2.05, 4.69) is 41.5 Å². The molecular formula is C22H34O2. The third-order valence-electron chi connectivity index (χ3n) is 6.18. The van der Waals surface area contributed by atoms with Crippen LogP contribution in [-0.2, 0) is 9.59 Å². The summed E-state index contributed by atoms with van der Waals surface area (Å²) in [6, 6.07) is 0. The highest BCUT2D eigenvalue weighted by atomic mass is 16.1. The smallest absolute Gasteiger partial charge is 0.162 e. The number of hydrogen-bond donors (Lipinski definition) is 0. The Labute approximate surface area is 147 Å². The first-order chi connectivity index (χ1) is 11.2. The van der Waals surface area contributed by atoms with Crippen LogP contribution in [0.1, 0.15) is 67.2 Å². The highest BCUT2D eigenvalue weighted by Gasteiger charge is 2.34. The van der Waals surface area contributed by atoms with Crippen molar-refractivity contribution in [2.24, 2.45) is 35.5 Å². The predicted octanol–water partition coefficient (Wildman–Crippen LogP) is 5.38. The number of carbonyl (C=O) groups is 2. The lowest BCUT2D eigenvalue weighted by Gasteiger charge is -2.31. The number of allylic oxidation sites excluding steroid dienone is 4. The van der Waals surface area contributed by atoms with Gasteiger partial charge in [0.05, 0.1) is 0 Å². The van der Waals surface area contributed by atoms with E-state index in [1.165, 1.54) is 0 Å². The Balaban J connectivity index is 2.29. The lowest BCUT2D eigenvalue weighted by molar-refractivity contribution is -0.123. The quantitative estimate of drug-likeness (QED) is 0.651. The maximum atomic E-state index is 12.8. The van der Waals surface area contributed by atoms with Gasteiger partial charge in [-0.25, -0.2) is 0 Å². The minimum absolute atomic E-state index is 0.147. The molecule has 2 nitrogen and oxygen atoms in total. The topological polar surface area (TPSA) is 34.1 Å². The van der Waals surface area contributed by atoms with Crippen LogP contribution in [0, 0.1) is 35.5 Å². The summed E-state index contributed by atoms with van der Waals surface area (Å²) in [5.41, 5.74) is 1.86. The molecule has 0 spiro atoms. The van der Waals surface area contributed by atoms with Gasteiger partial charge in [0.1, 0.15) is 0 Å². The van der Waals surface area contributed by atoms with Gasteiger partial charge in [-0.05, 0) is 60.5 Å². The summed E-state index contributed by atoms with van der Waals surface area (Å²) in [4.78, 5) is 25.6. The zero-order chi connectivity index (χ0) is 18.0. The zero-order valence-electron chi connectivity index (χ0n) is 16.3. The first-order valence-electron chi connectivity index (χ1n) is 9.74. The Morgan fingerprint density at radius 1 is 0.708 bits per heavy atom. The fraction of sp³-hybridized carbons (Fsp3) is 0.727. The van der Waals surface area contributed by atoms with Crippen molar-refractivity contribution in [1.82, 2.24) is 0 Å². The molecule has 2 fully saturated rings. The molecule has 134 valence electrons. The Morgan fingerprint density at radius 2 is 1.04 bits per heavy atom. The lowest BCUT2D eigenvalue weighted by atomic mass is 9.72. The van der Waals surface area contributed by atoms with Crippen LogP contribution in [0.5, 0.6) is 0 Å². The van der Waals surface area contributed by atoms with E-state index in [1.54, 1.807) is 0 Å². The van der Waals surface area contributed by atoms with E-state index >= 15 is 0 Å². The molecule has 0 unspecified atom stereocenters. The third-order valence-corrected chi connectivity index (χ3v) is 6.18. The van der Waals surface area contributed by atoms with E-state index in [1.807, 2.05) is 12.2 Å². The maximum Gasteiger partial charge on any atom is 0.162 e. The third kappa shape index (κ3) is 3.90. The van der Waals surface area contributed by atoms with Gasteiger partial charge in [-0.15, -0.1) is 0 Å². The molecule has 0 aromatic carbocycles. The van der Waals surface area contributed by atoms with E-state index in [9.17, 15) is 9.59 Å². The van der Waals surface area contributed by atoms with Crippen LogP contribution < -0.4 is 0 Å². The van der Waals surface area contributed by atoms with Gasteiger partial charge in [0.25, 0.3) is 0 Å². The van der Waals surface area contributed by atoms with Crippen LogP contribution >= 0.6 is 0 Å². The Kier molecular flexibility index (Phi) is 6.22. The standard InChI is InChI=1S/C22H34O2/c1-13(2)17-9-7-15(5)19(21(17)23)11-12-20-16(6)8-10-18(14(3)4)22(20)24/h11-18H,7-10H2,1-6H3/t15-,16-,17-,18+/m1/s1. The normalized spacial score (nSPS) is 35.5. The summed E-state index contributed by atoms with van der Waals surface area (Å²) in [7, 11) is 0. The Bertz CT molecular complexity index is 500. The molecule has 0 amide bonds. The first-order valence-corrected chi connectivity index (χ1v) is 9.74. The molecule has 2 aliphatic rings. The Morgan fingerprint density at radius 3 is 1.33 bits per heavy atom. The van der Waals surface area contributed by atoms with Gasteiger partial charge in [0.15, 0.2) is 11.6 Å². The van der Waals surface area contributed by atoms with Gasteiger partial charge in [0.2, 0.25) is 0 Å². The highest BCUT2D eigenvalue weighted by molar-refractivity contribution is 6.01. The number of carbonyl (C=O) groups excluding carboxylic acids is 2. The minimum Gasteiger partial charge on any atom is -0.294 e. The van der Waals surface area contributed by atoms with E-state index < -0.39 is 0 Å². The second kappa shape index (κ2) is 7.80. The van der Waals surface area contributed by atoms with E-state index in [-0.39, 0.29) is 11.8 Å². The summed E-state index contributed by atoms with van der Waals surface area (Å²) in [5, 5.41) is 0. The van der Waals surface area contributed by atoms with Gasteiger partial charge < -0.3 is 0 Å². The SMILES string of the molecule is CC(C)[C@@H]1CC[C@@H](C)C(=CC=C2C(=O)[C@@H](C(C)C)CC[C@H]2C)C1=O. The van der Waals surface area contributed by atoms with Crippen molar-refractivity contribution in [2.75, 3.05) is 0 Å². The molecule has 24 heavy (non-hydrogen) atoms. The van der Waals surface area contributed by atoms with Crippen molar-refractivity contribution in [2.45, 2.75) is 67.2 Å². The van der Waals surface area contributed by atoms with Crippen molar-refractivity contribution in [3.63, 3.8) is 0 Å². The number of rotatable bonds is 3. The molecule has 0 heterocycles. The molecule has 0 radical (unpaired) electrons. The average Bonchev–Trinajstić information content (AvgIpc) is 2.48. The molecule has 2 saturated carbocycles. The van der Waals surface area contributed by atoms with Gasteiger partial charge in [-0.3, -0.25) is 9.59 Å².